The van der Waals surface area contributed by atoms with Crippen LogP contribution in [0.3, 0.4) is 0 Å². The molecule has 10 heteroatoms. The lowest BCUT2D eigenvalue weighted by Crippen LogP contribution is -2.14. The minimum Gasteiger partial charge on any atom is -0.485 e. The topological polar surface area (TPSA) is 94.8 Å². The molecule has 0 radical (unpaired) electrons. The molecule has 1 saturated carbocycles. The van der Waals surface area contributed by atoms with E-state index in [4.69, 9.17) is 4.74 Å². The molecule has 0 bridgehead atoms. The largest absolute Gasteiger partial charge is 0.485 e. The van der Waals surface area contributed by atoms with Gasteiger partial charge in [0, 0.05) is 12.5 Å². The number of carbonyl (C=O) groups is 1. The highest BCUT2D eigenvalue weighted by Crippen LogP contribution is 2.35. The number of thioether (sulfide) groups is 1. The number of ether oxygens (including phenoxy) is 1. The van der Waals surface area contributed by atoms with Gasteiger partial charge in [0.2, 0.25) is 11.0 Å². The van der Waals surface area contributed by atoms with E-state index in [0.717, 1.165) is 22.1 Å². The van der Waals surface area contributed by atoms with Crippen molar-refractivity contribution in [3.8, 4) is 5.75 Å². The summed E-state index contributed by atoms with van der Waals surface area (Å²) in [5.74, 6) is 2.18. The van der Waals surface area contributed by atoms with Gasteiger partial charge in [0.15, 0.2) is 11.0 Å². The zero-order valence-corrected chi connectivity index (χ0v) is 21.0. The predicted molar refractivity (Wildman–Crippen MR) is 131 cm³/mol. The summed E-state index contributed by atoms with van der Waals surface area (Å²) in [6.45, 7) is 7.17. The van der Waals surface area contributed by atoms with E-state index in [9.17, 15) is 4.79 Å². The Kier molecular flexibility index (Phi) is 7.97. The minimum atomic E-state index is -0.120. The van der Waals surface area contributed by atoms with Crippen molar-refractivity contribution in [2.24, 2.45) is 0 Å². The van der Waals surface area contributed by atoms with Crippen molar-refractivity contribution in [3.05, 3.63) is 40.2 Å². The van der Waals surface area contributed by atoms with Gasteiger partial charge in [-0.2, -0.15) is 0 Å². The van der Waals surface area contributed by atoms with Gasteiger partial charge in [0.1, 0.15) is 17.4 Å². The molecule has 0 aliphatic heterocycles. The van der Waals surface area contributed by atoms with Crippen molar-refractivity contribution in [1.29, 1.82) is 0 Å². The Morgan fingerprint density at radius 3 is 2.79 bits per heavy atom. The van der Waals surface area contributed by atoms with Crippen molar-refractivity contribution in [2.45, 2.75) is 77.1 Å². The van der Waals surface area contributed by atoms with Crippen LogP contribution >= 0.6 is 23.1 Å². The van der Waals surface area contributed by atoms with Crippen molar-refractivity contribution in [2.75, 3.05) is 11.1 Å². The smallest absolute Gasteiger partial charge is 0.236 e. The summed E-state index contributed by atoms with van der Waals surface area (Å²) in [5.41, 5.74) is 2.31. The third-order valence-corrected chi connectivity index (χ3v) is 7.96. The summed E-state index contributed by atoms with van der Waals surface area (Å²) in [7, 11) is 0. The standard InChI is InChI=1S/C23H30N6O2S2/c1-4-29-19(13-31-18-12-8-9-15(2)16(18)3)25-28-23(29)32-14-20(30)24-22-27-26-21(33-22)17-10-6-5-7-11-17/h8-9,12,17H,4-7,10-11,13-14H2,1-3H3,(H,24,27,30). The predicted octanol–water partition coefficient (Wildman–Crippen LogP) is 5.12. The molecular weight excluding hydrogens is 456 g/mol. The maximum Gasteiger partial charge on any atom is 0.236 e. The quantitative estimate of drug-likeness (QED) is 0.419. The van der Waals surface area contributed by atoms with Crippen molar-refractivity contribution in [3.63, 3.8) is 0 Å². The van der Waals surface area contributed by atoms with Crippen LogP contribution in [0.2, 0.25) is 0 Å². The molecule has 0 atom stereocenters. The molecule has 1 aromatic carbocycles. The van der Waals surface area contributed by atoms with E-state index in [1.54, 1.807) is 0 Å². The van der Waals surface area contributed by atoms with E-state index in [2.05, 4.69) is 38.7 Å². The van der Waals surface area contributed by atoms with E-state index in [1.807, 2.05) is 30.5 Å². The van der Waals surface area contributed by atoms with Crippen LogP contribution in [0.15, 0.2) is 23.4 Å². The molecule has 0 spiro atoms. The first kappa shape index (κ1) is 23.7. The zero-order chi connectivity index (χ0) is 23.2. The van der Waals surface area contributed by atoms with Crippen molar-refractivity contribution < 1.29 is 9.53 Å². The van der Waals surface area contributed by atoms with Crippen LogP contribution < -0.4 is 10.1 Å². The van der Waals surface area contributed by atoms with Gasteiger partial charge in [0.05, 0.1) is 5.75 Å². The van der Waals surface area contributed by atoms with Crippen LogP contribution in [-0.4, -0.2) is 36.6 Å². The van der Waals surface area contributed by atoms with E-state index in [1.165, 1.54) is 60.8 Å². The number of aryl methyl sites for hydroxylation is 1. The van der Waals surface area contributed by atoms with Crippen molar-refractivity contribution >= 4 is 34.1 Å². The van der Waals surface area contributed by atoms with Crippen LogP contribution in [0.25, 0.3) is 0 Å². The Morgan fingerprint density at radius 2 is 2.00 bits per heavy atom. The number of rotatable bonds is 9. The molecule has 8 nitrogen and oxygen atoms in total. The maximum atomic E-state index is 12.5. The normalized spacial score (nSPS) is 14.4. The maximum absolute atomic E-state index is 12.5. The summed E-state index contributed by atoms with van der Waals surface area (Å²) in [4.78, 5) is 12.5. The molecule has 1 amide bonds. The number of nitrogens with zero attached hydrogens (tertiary/aromatic N) is 5. The Morgan fingerprint density at radius 1 is 1.18 bits per heavy atom. The molecule has 1 N–H and O–H groups in total. The molecule has 2 heterocycles. The molecule has 3 aromatic rings. The van der Waals surface area contributed by atoms with Gasteiger partial charge in [0.25, 0.3) is 0 Å². The van der Waals surface area contributed by atoms with Crippen LogP contribution in [0.1, 0.15) is 66.9 Å². The van der Waals surface area contributed by atoms with Gasteiger partial charge in [-0.1, -0.05) is 54.5 Å². The number of benzene rings is 1. The Labute approximate surface area is 202 Å². The fraction of sp³-hybridized carbons (Fsp3) is 0.522. The molecule has 2 aromatic heterocycles. The molecule has 33 heavy (non-hydrogen) atoms. The average molecular weight is 487 g/mol. The lowest BCUT2D eigenvalue weighted by atomic mass is 9.90. The monoisotopic (exact) mass is 486 g/mol. The third kappa shape index (κ3) is 5.92. The molecule has 1 aliphatic carbocycles. The van der Waals surface area contributed by atoms with Crippen LogP contribution in [-0.2, 0) is 17.9 Å². The number of hydrogen-bond donors (Lipinski definition) is 1. The number of anilines is 1. The molecule has 0 saturated heterocycles. The lowest BCUT2D eigenvalue weighted by molar-refractivity contribution is -0.113. The molecule has 1 aliphatic rings. The summed E-state index contributed by atoms with van der Waals surface area (Å²) < 4.78 is 7.97. The minimum absolute atomic E-state index is 0.120. The summed E-state index contributed by atoms with van der Waals surface area (Å²) in [6.07, 6.45) is 6.13. The molecule has 0 unspecified atom stereocenters. The highest BCUT2D eigenvalue weighted by Gasteiger charge is 2.20. The van der Waals surface area contributed by atoms with Gasteiger partial charge in [-0.15, -0.1) is 20.4 Å². The second-order valence-corrected chi connectivity index (χ2v) is 10.2. The average Bonchev–Trinajstić information content (AvgIpc) is 3.46. The lowest BCUT2D eigenvalue weighted by Gasteiger charge is -2.18. The number of hydrogen-bond acceptors (Lipinski definition) is 8. The first-order chi connectivity index (χ1) is 16.0. The molecule has 176 valence electrons. The second kappa shape index (κ2) is 11.1. The highest BCUT2D eigenvalue weighted by atomic mass is 32.2. The van der Waals surface area contributed by atoms with Crippen LogP contribution in [0.4, 0.5) is 5.13 Å². The van der Waals surface area contributed by atoms with Gasteiger partial charge >= 0.3 is 0 Å². The number of nitrogens with one attached hydrogen (secondary N) is 1. The summed E-state index contributed by atoms with van der Waals surface area (Å²) >= 11 is 2.85. The Balaban J connectivity index is 1.31. The van der Waals surface area contributed by atoms with Crippen LogP contribution in [0, 0.1) is 13.8 Å². The fourth-order valence-electron chi connectivity index (χ4n) is 3.96. The second-order valence-electron chi connectivity index (χ2n) is 8.25. The number of aromatic nitrogens is 5. The third-order valence-electron chi connectivity index (χ3n) is 6.00. The number of carbonyl (C=O) groups excluding carboxylic acids is 1. The van der Waals surface area contributed by atoms with Crippen LogP contribution in [0.5, 0.6) is 5.75 Å². The van der Waals surface area contributed by atoms with E-state index >= 15 is 0 Å². The fourth-order valence-corrected chi connectivity index (χ4v) is 5.71. The Bertz CT molecular complexity index is 1090. The van der Waals surface area contributed by atoms with E-state index < -0.39 is 0 Å². The zero-order valence-electron chi connectivity index (χ0n) is 19.3. The van der Waals surface area contributed by atoms with Gasteiger partial charge in [-0.05, 0) is 50.8 Å². The van der Waals surface area contributed by atoms with E-state index in [0.29, 0.717) is 29.4 Å². The first-order valence-corrected chi connectivity index (χ1v) is 13.2. The van der Waals surface area contributed by atoms with E-state index in [-0.39, 0.29) is 11.7 Å². The van der Waals surface area contributed by atoms with Gasteiger partial charge in [-0.3, -0.25) is 10.1 Å². The molecular formula is C23H30N6O2S2. The number of amides is 1. The molecule has 4 rings (SSSR count). The van der Waals surface area contributed by atoms with Gasteiger partial charge < -0.3 is 9.30 Å². The first-order valence-electron chi connectivity index (χ1n) is 11.4. The summed E-state index contributed by atoms with van der Waals surface area (Å²) in [6, 6.07) is 6.01. The molecule has 1 fully saturated rings. The van der Waals surface area contributed by atoms with Gasteiger partial charge in [-0.25, -0.2) is 0 Å². The Hall–Kier alpha value is -2.46. The summed E-state index contributed by atoms with van der Waals surface area (Å²) in [5, 5.41) is 22.2. The SMILES string of the molecule is CCn1c(COc2cccc(C)c2C)nnc1SCC(=O)Nc1nnc(C2CCCCC2)s1. The van der Waals surface area contributed by atoms with Crippen molar-refractivity contribution in [1.82, 2.24) is 25.0 Å². The highest BCUT2D eigenvalue weighted by molar-refractivity contribution is 7.99.